The Balaban J connectivity index is 5.23. The van der Waals surface area contributed by atoms with Gasteiger partial charge in [-0.2, -0.15) is 0 Å². The summed E-state index contributed by atoms with van der Waals surface area (Å²) in [7, 11) is -9.93. The second kappa shape index (κ2) is 74.8. The molecule has 3 unspecified atom stereocenters. The van der Waals surface area contributed by atoms with E-state index in [1.54, 1.807) is 0 Å². The maximum Gasteiger partial charge on any atom is 0.472 e. The molecule has 0 aromatic heterocycles. The van der Waals surface area contributed by atoms with Gasteiger partial charge in [0.1, 0.15) is 19.3 Å². The Bertz CT molecular complexity index is 2040. The third-order valence-electron chi connectivity index (χ3n) is 20.1. The minimum absolute atomic E-state index is 0.107. The smallest absolute Gasteiger partial charge is 0.462 e. The number of esters is 4. The van der Waals surface area contributed by atoms with Gasteiger partial charge < -0.3 is 33.8 Å². The second-order valence-electron chi connectivity index (χ2n) is 32.8. The Hall–Kier alpha value is -1.94. The van der Waals surface area contributed by atoms with Crippen molar-refractivity contribution < 1.29 is 80.2 Å². The molecule has 19 heteroatoms. The fraction of sp³-hybridized carbons (Fsp3) is 0.953. The van der Waals surface area contributed by atoms with Crippen molar-refractivity contribution in [3.63, 3.8) is 0 Å². The first-order chi connectivity index (χ1) is 50.6. The zero-order valence-corrected chi connectivity index (χ0v) is 71.2. The summed E-state index contributed by atoms with van der Waals surface area (Å²) in [4.78, 5) is 73.2. The van der Waals surface area contributed by atoms with Crippen molar-refractivity contribution in [2.24, 2.45) is 23.7 Å². The first kappa shape index (κ1) is 103. The number of ether oxygens (including phenoxy) is 4. The molecule has 105 heavy (non-hydrogen) atoms. The molecule has 0 saturated carbocycles. The molecule has 0 aliphatic carbocycles. The lowest BCUT2D eigenvalue weighted by Crippen LogP contribution is -2.30. The van der Waals surface area contributed by atoms with E-state index in [2.05, 4.69) is 55.4 Å². The van der Waals surface area contributed by atoms with E-state index in [0.29, 0.717) is 31.6 Å². The van der Waals surface area contributed by atoms with Gasteiger partial charge in [-0.05, 0) is 49.4 Å². The molecule has 0 aromatic rings. The Kier molecular flexibility index (Phi) is 73.4. The third kappa shape index (κ3) is 79.9. The molecule has 0 heterocycles. The quantitative estimate of drug-likeness (QED) is 0.0222. The zero-order chi connectivity index (χ0) is 77.4. The fourth-order valence-electron chi connectivity index (χ4n) is 13.3. The number of carbonyl (C=O) groups excluding carboxylic acids is 4. The van der Waals surface area contributed by atoms with Crippen LogP contribution in [0.15, 0.2) is 0 Å². The number of aliphatic hydroxyl groups is 1. The van der Waals surface area contributed by atoms with E-state index in [-0.39, 0.29) is 25.7 Å². The number of unbranched alkanes of at least 4 members (excludes halogenated alkanes) is 49. The topological polar surface area (TPSA) is 237 Å². The minimum Gasteiger partial charge on any atom is -0.462 e. The van der Waals surface area contributed by atoms with Crippen LogP contribution in [-0.2, 0) is 65.4 Å². The SMILES string of the molecule is CC(C)CCCCCCCCCCCCCCCCCCC(=O)OC[C@H](COP(=O)(O)OCC(O)COP(=O)(O)OC[C@@H](COC(=O)CCCCCCCCCC(C)C)OC(=O)CCCCCCCCCCCCCCCCCCC(C)C)OC(=O)CCCCCCCCCCCCCCCCC(C)C. The monoisotopic (exact) mass is 1540 g/mol. The van der Waals surface area contributed by atoms with E-state index in [1.165, 1.54) is 244 Å². The van der Waals surface area contributed by atoms with Gasteiger partial charge in [0.15, 0.2) is 12.2 Å². The van der Waals surface area contributed by atoms with E-state index < -0.39 is 97.5 Å². The molecule has 0 amide bonds. The summed E-state index contributed by atoms with van der Waals surface area (Å²) in [5, 5.41) is 10.7. The standard InChI is InChI=1S/C86H168O17P2/c1-76(2)62-54-46-38-31-25-19-13-9-11-15-22-28-34-42-50-58-66-83(88)96-72-81(102-85(90)69-61-53-44-36-30-24-18-17-21-27-33-40-48-56-64-78(5)6)74-100-104(92,93)98-70-80(87)71-99-105(94,95)101-75-82(73-97-84(89)67-59-51-45-37-41-49-57-65-79(7)8)103-86(91)68-60-52-43-35-29-23-16-12-10-14-20-26-32-39-47-55-63-77(3)4/h76-82,87H,9-75H2,1-8H3,(H,92,93)(H,94,95)/t80?,81-,82-/m1/s1. The normalized spacial score (nSPS) is 13.9. The molecule has 0 saturated heterocycles. The number of phosphoric ester groups is 2. The average Bonchev–Trinajstić information content (AvgIpc) is 0.907. The van der Waals surface area contributed by atoms with Crippen LogP contribution in [0.25, 0.3) is 0 Å². The molecule has 0 rings (SSSR count). The molecule has 3 N–H and O–H groups in total. The van der Waals surface area contributed by atoms with Crippen molar-refractivity contribution in [2.45, 2.75) is 465 Å². The highest BCUT2D eigenvalue weighted by atomic mass is 31.2. The lowest BCUT2D eigenvalue weighted by Gasteiger charge is -2.21. The first-order valence-corrected chi connectivity index (χ1v) is 47.2. The number of hydrogen-bond donors (Lipinski definition) is 3. The number of carbonyl (C=O) groups is 4. The van der Waals surface area contributed by atoms with Gasteiger partial charge in [-0.25, -0.2) is 9.13 Å². The highest BCUT2D eigenvalue weighted by molar-refractivity contribution is 7.47. The van der Waals surface area contributed by atoms with Gasteiger partial charge in [0, 0.05) is 25.7 Å². The van der Waals surface area contributed by atoms with Crippen LogP contribution in [0, 0.1) is 23.7 Å². The predicted molar refractivity (Wildman–Crippen MR) is 432 cm³/mol. The lowest BCUT2D eigenvalue weighted by atomic mass is 10.0. The van der Waals surface area contributed by atoms with Gasteiger partial charge in [0.2, 0.25) is 0 Å². The Morgan fingerprint density at radius 3 is 0.590 bits per heavy atom. The van der Waals surface area contributed by atoms with E-state index >= 15 is 0 Å². The summed E-state index contributed by atoms with van der Waals surface area (Å²) < 4.78 is 68.9. The molecule has 624 valence electrons. The molecule has 17 nitrogen and oxygen atoms in total. The van der Waals surface area contributed by atoms with E-state index in [9.17, 15) is 43.2 Å². The van der Waals surface area contributed by atoms with Gasteiger partial charge in [-0.1, -0.05) is 396 Å². The molecular formula is C86H168O17P2. The van der Waals surface area contributed by atoms with Gasteiger partial charge >= 0.3 is 39.5 Å². The molecule has 0 aromatic carbocycles. The lowest BCUT2D eigenvalue weighted by molar-refractivity contribution is -0.161. The van der Waals surface area contributed by atoms with Crippen LogP contribution in [0.4, 0.5) is 0 Å². The number of rotatable bonds is 83. The molecule has 0 fully saturated rings. The van der Waals surface area contributed by atoms with Crippen molar-refractivity contribution in [3.8, 4) is 0 Å². The maximum absolute atomic E-state index is 13.1. The molecular weight excluding hydrogens is 1370 g/mol. The maximum atomic E-state index is 13.1. The highest BCUT2D eigenvalue weighted by Gasteiger charge is 2.30. The molecule has 0 bridgehead atoms. The van der Waals surface area contributed by atoms with Crippen molar-refractivity contribution >= 4 is 39.5 Å². The van der Waals surface area contributed by atoms with E-state index in [4.69, 9.17) is 37.0 Å². The molecule has 0 radical (unpaired) electrons. The summed E-state index contributed by atoms with van der Waals surface area (Å²) in [6.45, 7) is 14.3. The molecule has 0 aliphatic rings. The molecule has 0 spiro atoms. The van der Waals surface area contributed by atoms with Crippen LogP contribution in [0.1, 0.15) is 447 Å². The van der Waals surface area contributed by atoms with Crippen LogP contribution < -0.4 is 0 Å². The minimum atomic E-state index is -4.97. The third-order valence-corrected chi connectivity index (χ3v) is 22.0. The summed E-state index contributed by atoms with van der Waals surface area (Å²) in [5.74, 6) is 1.01. The van der Waals surface area contributed by atoms with Gasteiger partial charge in [0.05, 0.1) is 26.4 Å². The van der Waals surface area contributed by atoms with Gasteiger partial charge in [0.25, 0.3) is 0 Å². The predicted octanol–water partition coefficient (Wildman–Crippen LogP) is 25.9. The number of hydrogen-bond acceptors (Lipinski definition) is 15. The first-order valence-electron chi connectivity index (χ1n) is 44.2. The van der Waals surface area contributed by atoms with Crippen molar-refractivity contribution in [2.75, 3.05) is 39.6 Å². The Labute approximate surface area is 645 Å². The Morgan fingerprint density at radius 1 is 0.238 bits per heavy atom. The van der Waals surface area contributed by atoms with Gasteiger partial charge in [-0.3, -0.25) is 37.3 Å². The van der Waals surface area contributed by atoms with E-state index in [1.807, 2.05) is 0 Å². The number of aliphatic hydroxyl groups excluding tert-OH is 1. The summed E-state index contributed by atoms with van der Waals surface area (Å²) in [6.07, 6.45) is 64.0. The van der Waals surface area contributed by atoms with Crippen LogP contribution >= 0.6 is 15.6 Å². The summed E-state index contributed by atoms with van der Waals surface area (Å²) in [6, 6.07) is 0. The summed E-state index contributed by atoms with van der Waals surface area (Å²) >= 11 is 0. The summed E-state index contributed by atoms with van der Waals surface area (Å²) in [5.41, 5.74) is 0. The van der Waals surface area contributed by atoms with Crippen molar-refractivity contribution in [1.82, 2.24) is 0 Å². The van der Waals surface area contributed by atoms with Crippen LogP contribution in [-0.4, -0.2) is 96.7 Å². The van der Waals surface area contributed by atoms with E-state index in [0.717, 1.165) is 114 Å². The van der Waals surface area contributed by atoms with Crippen molar-refractivity contribution in [3.05, 3.63) is 0 Å². The molecule has 5 atom stereocenters. The average molecular weight is 1540 g/mol. The second-order valence-corrected chi connectivity index (χ2v) is 35.7. The van der Waals surface area contributed by atoms with Crippen LogP contribution in [0.3, 0.4) is 0 Å². The van der Waals surface area contributed by atoms with Crippen LogP contribution in [0.5, 0.6) is 0 Å². The molecule has 0 aliphatic heterocycles. The van der Waals surface area contributed by atoms with Gasteiger partial charge in [-0.15, -0.1) is 0 Å². The van der Waals surface area contributed by atoms with Crippen LogP contribution in [0.2, 0.25) is 0 Å². The van der Waals surface area contributed by atoms with Crippen molar-refractivity contribution in [1.29, 1.82) is 0 Å². The Morgan fingerprint density at radius 2 is 0.400 bits per heavy atom. The fourth-order valence-corrected chi connectivity index (χ4v) is 14.9. The zero-order valence-electron chi connectivity index (χ0n) is 69.4. The highest BCUT2D eigenvalue weighted by Crippen LogP contribution is 2.45. The number of phosphoric acid groups is 2. The largest absolute Gasteiger partial charge is 0.472 e.